The molecule has 2 aromatic carbocycles. The van der Waals surface area contributed by atoms with Gasteiger partial charge in [0.15, 0.2) is 5.43 Å². The zero-order chi connectivity index (χ0) is 27.2. The number of amides is 2. The Hall–Kier alpha value is -3.81. The highest BCUT2D eigenvalue weighted by Crippen LogP contribution is 2.27. The summed E-state index contributed by atoms with van der Waals surface area (Å²) in [5.41, 5.74) is 8.23. The maximum atomic E-state index is 12.9. The number of rotatable bonds is 10. The number of ether oxygens (including phenoxy) is 2. The number of hydrogen-bond acceptors (Lipinski definition) is 5. The van der Waals surface area contributed by atoms with Crippen LogP contribution in [0.4, 0.5) is 4.79 Å². The molecule has 0 spiro atoms. The van der Waals surface area contributed by atoms with Gasteiger partial charge in [0, 0.05) is 23.2 Å². The smallest absolute Gasteiger partial charge is 0.407 e. The number of hydrogen-bond donors (Lipinski definition) is 3. The molecule has 0 aliphatic heterocycles. The Morgan fingerprint density at radius 2 is 1.81 bits per heavy atom. The number of aryl methyl sites for hydroxylation is 1. The molecule has 3 aromatic rings. The zero-order valence-corrected chi connectivity index (χ0v) is 22.2. The maximum Gasteiger partial charge on any atom is 0.407 e. The van der Waals surface area contributed by atoms with Crippen LogP contribution in [0.5, 0.6) is 5.75 Å². The third-order valence-electron chi connectivity index (χ3n) is 6.37. The third-order valence-corrected chi connectivity index (χ3v) is 6.37. The summed E-state index contributed by atoms with van der Waals surface area (Å²) in [6.07, 6.45) is 1.68. The lowest BCUT2D eigenvalue weighted by molar-refractivity contribution is -0.122. The number of methoxy groups -OCH3 is 1. The fourth-order valence-corrected chi connectivity index (χ4v) is 4.30. The lowest BCUT2D eigenvalue weighted by Crippen LogP contribution is -2.52. The molecule has 2 atom stereocenters. The van der Waals surface area contributed by atoms with Gasteiger partial charge in [0.1, 0.15) is 11.8 Å². The predicted molar refractivity (Wildman–Crippen MR) is 146 cm³/mol. The van der Waals surface area contributed by atoms with Gasteiger partial charge in [-0.05, 0) is 47.8 Å². The van der Waals surface area contributed by atoms with Crippen LogP contribution in [0.15, 0.2) is 53.3 Å². The summed E-state index contributed by atoms with van der Waals surface area (Å²) in [5.74, 6) is 0.226. The second-order valence-electron chi connectivity index (χ2n) is 10.6. The average Bonchev–Trinajstić information content (AvgIpc) is 2.85. The van der Waals surface area contributed by atoms with Crippen molar-refractivity contribution in [2.24, 2.45) is 17.1 Å². The highest BCUT2D eigenvalue weighted by Gasteiger charge is 2.31. The Labute approximate surface area is 217 Å². The Bertz CT molecular complexity index is 1290. The first-order valence-corrected chi connectivity index (χ1v) is 12.5. The number of primary amides is 1. The van der Waals surface area contributed by atoms with Gasteiger partial charge in [0.05, 0.1) is 19.2 Å². The normalized spacial score (nSPS) is 13.1. The molecular weight excluding hydrogens is 470 g/mol. The number of nitrogens with one attached hydrogen (secondary N) is 2. The van der Waals surface area contributed by atoms with Crippen molar-refractivity contribution in [3.05, 3.63) is 64.3 Å². The van der Waals surface area contributed by atoms with Crippen LogP contribution in [0, 0.1) is 11.3 Å². The number of benzene rings is 2. The Morgan fingerprint density at radius 1 is 1.11 bits per heavy atom. The topological polar surface area (TPSA) is 124 Å². The van der Waals surface area contributed by atoms with Crippen LogP contribution in [-0.2, 0) is 16.0 Å². The summed E-state index contributed by atoms with van der Waals surface area (Å²) in [6, 6.07) is 14.3. The predicted octanol–water partition coefficient (Wildman–Crippen LogP) is 4.79. The number of aromatic amines is 1. The molecule has 0 fully saturated rings. The van der Waals surface area contributed by atoms with E-state index in [0.29, 0.717) is 11.8 Å². The van der Waals surface area contributed by atoms with Gasteiger partial charge in [0.2, 0.25) is 5.91 Å². The van der Waals surface area contributed by atoms with Crippen molar-refractivity contribution in [1.82, 2.24) is 10.3 Å². The van der Waals surface area contributed by atoms with Crippen LogP contribution in [-0.4, -0.2) is 36.7 Å². The molecule has 2 amide bonds. The van der Waals surface area contributed by atoms with Crippen LogP contribution < -0.4 is 21.2 Å². The van der Waals surface area contributed by atoms with Crippen LogP contribution in [0.1, 0.15) is 46.1 Å². The van der Waals surface area contributed by atoms with Gasteiger partial charge >= 0.3 is 6.09 Å². The van der Waals surface area contributed by atoms with E-state index in [1.54, 1.807) is 13.2 Å². The van der Waals surface area contributed by atoms with Gasteiger partial charge in [-0.3, -0.25) is 9.59 Å². The molecule has 1 aromatic heterocycles. The van der Waals surface area contributed by atoms with Gasteiger partial charge in [-0.15, -0.1) is 0 Å². The Morgan fingerprint density at radius 3 is 2.43 bits per heavy atom. The molecule has 0 saturated carbocycles. The Kier molecular flexibility index (Phi) is 8.97. The van der Waals surface area contributed by atoms with Crippen LogP contribution in [0.2, 0.25) is 0 Å². The molecule has 8 nitrogen and oxygen atoms in total. The van der Waals surface area contributed by atoms with E-state index in [1.165, 1.54) is 0 Å². The number of carbonyl (C=O) groups is 2. The first-order chi connectivity index (χ1) is 17.5. The summed E-state index contributed by atoms with van der Waals surface area (Å²) < 4.78 is 10.9. The van der Waals surface area contributed by atoms with E-state index in [1.807, 2.05) is 70.2 Å². The van der Waals surface area contributed by atoms with Crippen LogP contribution in [0.3, 0.4) is 0 Å². The van der Waals surface area contributed by atoms with Gasteiger partial charge < -0.3 is 25.5 Å². The van der Waals surface area contributed by atoms with E-state index in [4.69, 9.17) is 15.2 Å². The molecule has 0 aliphatic carbocycles. The van der Waals surface area contributed by atoms with E-state index in [-0.39, 0.29) is 18.0 Å². The molecule has 0 radical (unpaired) electrons. The number of alkyl carbamates (subject to hydrolysis) is 1. The van der Waals surface area contributed by atoms with Crippen molar-refractivity contribution in [3.63, 3.8) is 0 Å². The summed E-state index contributed by atoms with van der Waals surface area (Å²) in [5, 5.41) is 3.18. The summed E-state index contributed by atoms with van der Waals surface area (Å²) in [7, 11) is 1.62. The zero-order valence-electron chi connectivity index (χ0n) is 22.2. The van der Waals surface area contributed by atoms with Crippen molar-refractivity contribution in [3.8, 4) is 17.0 Å². The second-order valence-corrected chi connectivity index (χ2v) is 10.6. The molecule has 8 heteroatoms. The van der Waals surface area contributed by atoms with Crippen molar-refractivity contribution in [1.29, 1.82) is 0 Å². The molecule has 3 rings (SSSR count). The van der Waals surface area contributed by atoms with Gasteiger partial charge in [-0.2, -0.15) is 0 Å². The summed E-state index contributed by atoms with van der Waals surface area (Å²) >= 11 is 0. The van der Waals surface area contributed by atoms with Crippen molar-refractivity contribution in [2.45, 2.75) is 53.0 Å². The molecule has 1 heterocycles. The highest BCUT2D eigenvalue weighted by atomic mass is 16.5. The molecule has 0 bridgehead atoms. The van der Waals surface area contributed by atoms with Crippen molar-refractivity contribution < 1.29 is 19.1 Å². The highest BCUT2D eigenvalue weighted by molar-refractivity contribution is 5.85. The number of fused-ring (bicyclic) bond motifs is 1. The number of carbonyl (C=O) groups excluding carboxylic acids is 2. The third kappa shape index (κ3) is 7.35. The minimum atomic E-state index is -0.817. The number of H-pyrrole nitrogens is 1. The quantitative estimate of drug-likeness (QED) is 0.364. The van der Waals surface area contributed by atoms with E-state index in [2.05, 4.69) is 10.3 Å². The van der Waals surface area contributed by atoms with E-state index >= 15 is 0 Å². The molecule has 4 N–H and O–H groups in total. The molecule has 37 heavy (non-hydrogen) atoms. The molecule has 198 valence electrons. The Balaban J connectivity index is 1.60. The maximum absolute atomic E-state index is 12.9. The monoisotopic (exact) mass is 507 g/mol. The standard InChI is InChI=1S/C29H37N3O5/c1-18(17-37-28(35)32-26(27(30)34)29(2,3)4)10-9-13-20-14-21-23(16-25(20)36-5)31-22(15-24(21)33)19-11-7-6-8-12-19/h6-8,11-12,14-16,18,26H,9-10,13,17H2,1-5H3,(H2,30,34)(H,31,33)(H,32,35)/t18?,26-/m1/s1. The minimum Gasteiger partial charge on any atom is -0.496 e. The van der Waals surface area contributed by atoms with Crippen molar-refractivity contribution >= 4 is 22.9 Å². The summed E-state index contributed by atoms with van der Waals surface area (Å²) in [6.45, 7) is 7.68. The minimum absolute atomic E-state index is 0.0474. The molecule has 0 saturated heterocycles. The fraction of sp³-hybridized carbons (Fsp3) is 0.414. The lowest BCUT2D eigenvalue weighted by Gasteiger charge is -2.28. The average molecular weight is 508 g/mol. The number of aromatic nitrogens is 1. The molecule has 0 aliphatic rings. The van der Waals surface area contributed by atoms with Crippen molar-refractivity contribution in [2.75, 3.05) is 13.7 Å². The van der Waals surface area contributed by atoms with E-state index in [9.17, 15) is 14.4 Å². The van der Waals surface area contributed by atoms with Gasteiger partial charge in [-0.25, -0.2) is 4.79 Å². The first-order valence-electron chi connectivity index (χ1n) is 12.5. The second kappa shape index (κ2) is 12.0. The largest absolute Gasteiger partial charge is 0.496 e. The molecule has 1 unspecified atom stereocenters. The molecular formula is C29H37N3O5. The van der Waals surface area contributed by atoms with Gasteiger partial charge in [0.25, 0.3) is 0 Å². The summed E-state index contributed by atoms with van der Waals surface area (Å²) in [4.78, 5) is 40.1. The van der Waals surface area contributed by atoms with E-state index < -0.39 is 23.5 Å². The van der Waals surface area contributed by atoms with E-state index in [0.717, 1.165) is 40.9 Å². The van der Waals surface area contributed by atoms with Crippen LogP contribution in [0.25, 0.3) is 22.2 Å². The van der Waals surface area contributed by atoms with Gasteiger partial charge in [-0.1, -0.05) is 58.0 Å². The first kappa shape index (κ1) is 27.8. The van der Waals surface area contributed by atoms with Crippen LogP contribution >= 0.6 is 0 Å². The SMILES string of the molecule is COc1cc2[nH]c(-c3ccccc3)cc(=O)c2cc1CCCC(C)COC(=O)N[C@H](C(N)=O)C(C)(C)C. The fourth-order valence-electron chi connectivity index (χ4n) is 4.30. The number of nitrogens with two attached hydrogens (primary N) is 1. The lowest BCUT2D eigenvalue weighted by atomic mass is 9.86. The number of pyridine rings is 1.